The largest absolute Gasteiger partial charge is 0.462 e. The van der Waals surface area contributed by atoms with Gasteiger partial charge in [-0.1, -0.05) is 172 Å². The van der Waals surface area contributed by atoms with Gasteiger partial charge < -0.3 is 14.6 Å². The number of rotatable bonds is 39. The minimum absolute atomic E-state index is 0.0702. The minimum Gasteiger partial charge on any atom is -0.462 e. The van der Waals surface area contributed by atoms with Crippen molar-refractivity contribution in [3.05, 3.63) is 36.5 Å². The van der Waals surface area contributed by atoms with Gasteiger partial charge in [0.1, 0.15) is 6.61 Å². The van der Waals surface area contributed by atoms with Gasteiger partial charge in [0.2, 0.25) is 0 Å². The quantitative estimate of drug-likeness (QED) is 0.0392. The zero-order valence-electron chi connectivity index (χ0n) is 33.2. The molecule has 0 bridgehead atoms. The van der Waals surface area contributed by atoms with Crippen LogP contribution in [0.4, 0.5) is 0 Å². The van der Waals surface area contributed by atoms with Crippen LogP contribution in [0, 0.1) is 0 Å². The first kappa shape index (κ1) is 48.1. The van der Waals surface area contributed by atoms with Crippen LogP contribution >= 0.6 is 0 Å². The highest BCUT2D eigenvalue weighted by molar-refractivity contribution is 5.70. The first-order valence-corrected chi connectivity index (χ1v) is 21.5. The Hall–Kier alpha value is -1.88. The van der Waals surface area contributed by atoms with Crippen molar-refractivity contribution in [2.75, 3.05) is 13.2 Å². The molecule has 0 saturated heterocycles. The fourth-order valence-electron chi connectivity index (χ4n) is 6.11. The van der Waals surface area contributed by atoms with E-state index < -0.39 is 6.10 Å². The molecular formula is C45H82O5. The first-order valence-electron chi connectivity index (χ1n) is 21.5. The van der Waals surface area contributed by atoms with Crippen LogP contribution in [0.2, 0.25) is 0 Å². The number of hydrogen-bond donors (Lipinski definition) is 1. The molecule has 0 aromatic rings. The smallest absolute Gasteiger partial charge is 0.306 e. The Morgan fingerprint density at radius 3 is 1.24 bits per heavy atom. The maximum atomic E-state index is 12.2. The number of unbranched alkanes of at least 4 members (excludes halogenated alkanes) is 25. The first-order chi connectivity index (χ1) is 24.6. The van der Waals surface area contributed by atoms with Crippen LogP contribution in [-0.2, 0) is 19.1 Å². The van der Waals surface area contributed by atoms with Crippen LogP contribution in [-0.4, -0.2) is 36.4 Å². The highest BCUT2D eigenvalue weighted by Crippen LogP contribution is 2.14. The van der Waals surface area contributed by atoms with Crippen molar-refractivity contribution in [1.82, 2.24) is 0 Å². The molecule has 1 N–H and O–H groups in total. The lowest BCUT2D eigenvalue weighted by Crippen LogP contribution is -2.28. The molecule has 1 atom stereocenters. The van der Waals surface area contributed by atoms with Crippen molar-refractivity contribution >= 4 is 11.9 Å². The Kier molecular flexibility index (Phi) is 40.0. The Morgan fingerprint density at radius 2 is 0.800 bits per heavy atom. The summed E-state index contributed by atoms with van der Waals surface area (Å²) in [5, 5.41) is 9.57. The number of esters is 2. The third-order valence-corrected chi connectivity index (χ3v) is 9.41. The van der Waals surface area contributed by atoms with Crippen LogP contribution < -0.4 is 0 Å². The lowest BCUT2D eigenvalue weighted by Gasteiger charge is -2.15. The Morgan fingerprint density at radius 1 is 0.460 bits per heavy atom. The van der Waals surface area contributed by atoms with E-state index in [0.717, 1.165) is 51.4 Å². The van der Waals surface area contributed by atoms with Crippen molar-refractivity contribution in [2.45, 2.75) is 225 Å². The normalized spacial score (nSPS) is 12.5. The molecule has 0 unspecified atom stereocenters. The summed E-state index contributed by atoms with van der Waals surface area (Å²) in [6.45, 7) is 4.11. The summed E-state index contributed by atoms with van der Waals surface area (Å²) >= 11 is 0. The summed E-state index contributed by atoms with van der Waals surface area (Å²) in [5.41, 5.74) is 0. The zero-order valence-corrected chi connectivity index (χ0v) is 33.2. The maximum Gasteiger partial charge on any atom is 0.306 e. The number of allylic oxidation sites excluding steroid dienone is 6. The van der Waals surface area contributed by atoms with E-state index >= 15 is 0 Å². The molecule has 0 spiro atoms. The molecule has 0 fully saturated rings. The molecule has 0 rings (SSSR count). The van der Waals surface area contributed by atoms with Gasteiger partial charge in [0.05, 0.1) is 6.61 Å². The number of carbonyl (C=O) groups is 2. The van der Waals surface area contributed by atoms with Gasteiger partial charge >= 0.3 is 11.9 Å². The number of carbonyl (C=O) groups excluding carboxylic acids is 2. The number of hydrogen-bond acceptors (Lipinski definition) is 5. The molecule has 0 saturated carbocycles. The van der Waals surface area contributed by atoms with Crippen molar-refractivity contribution in [3.63, 3.8) is 0 Å². The molecule has 0 heterocycles. The van der Waals surface area contributed by atoms with Gasteiger partial charge in [-0.25, -0.2) is 0 Å². The van der Waals surface area contributed by atoms with Crippen molar-refractivity contribution in [1.29, 1.82) is 0 Å². The zero-order chi connectivity index (χ0) is 36.4. The van der Waals surface area contributed by atoms with Gasteiger partial charge in [-0.3, -0.25) is 9.59 Å². The summed E-state index contributed by atoms with van der Waals surface area (Å²) in [6, 6.07) is 0. The van der Waals surface area contributed by atoms with Crippen LogP contribution in [0.15, 0.2) is 36.5 Å². The highest BCUT2D eigenvalue weighted by Gasteiger charge is 2.16. The topological polar surface area (TPSA) is 72.8 Å². The third kappa shape index (κ3) is 38.9. The van der Waals surface area contributed by atoms with E-state index in [1.54, 1.807) is 0 Å². The van der Waals surface area contributed by atoms with E-state index in [1.165, 1.54) is 141 Å². The molecule has 0 aromatic carbocycles. The van der Waals surface area contributed by atoms with Gasteiger partial charge in [-0.15, -0.1) is 0 Å². The van der Waals surface area contributed by atoms with Crippen molar-refractivity contribution in [3.8, 4) is 0 Å². The molecule has 0 aliphatic heterocycles. The fourth-order valence-corrected chi connectivity index (χ4v) is 6.11. The summed E-state index contributed by atoms with van der Waals surface area (Å²) < 4.78 is 10.6. The third-order valence-electron chi connectivity index (χ3n) is 9.41. The van der Waals surface area contributed by atoms with Gasteiger partial charge in [0, 0.05) is 12.8 Å². The molecule has 0 aromatic heterocycles. The van der Waals surface area contributed by atoms with Gasteiger partial charge in [-0.05, 0) is 70.6 Å². The Balaban J connectivity index is 3.53. The fraction of sp³-hybridized carbons (Fsp3) is 0.822. The molecule has 0 amide bonds. The van der Waals surface area contributed by atoms with Crippen LogP contribution in [0.3, 0.4) is 0 Å². The van der Waals surface area contributed by atoms with Crippen molar-refractivity contribution in [2.24, 2.45) is 0 Å². The average molecular weight is 703 g/mol. The number of aliphatic hydroxyl groups excluding tert-OH is 1. The molecule has 0 aliphatic carbocycles. The van der Waals surface area contributed by atoms with Gasteiger partial charge in [0.15, 0.2) is 6.10 Å². The van der Waals surface area contributed by atoms with Gasteiger partial charge in [0.25, 0.3) is 0 Å². The second kappa shape index (κ2) is 41.5. The molecular weight excluding hydrogens is 620 g/mol. The second-order valence-corrected chi connectivity index (χ2v) is 14.4. The van der Waals surface area contributed by atoms with E-state index in [1.807, 2.05) is 0 Å². The molecule has 50 heavy (non-hydrogen) atoms. The predicted molar refractivity (Wildman–Crippen MR) is 214 cm³/mol. The van der Waals surface area contributed by atoms with E-state index in [-0.39, 0.29) is 25.2 Å². The predicted octanol–water partition coefficient (Wildman–Crippen LogP) is 13.6. The molecule has 5 nitrogen and oxygen atoms in total. The van der Waals surface area contributed by atoms with Gasteiger partial charge in [-0.2, -0.15) is 0 Å². The van der Waals surface area contributed by atoms with E-state index in [2.05, 4.69) is 50.3 Å². The summed E-state index contributed by atoms with van der Waals surface area (Å²) in [6.07, 6.45) is 50.7. The number of ether oxygens (including phenoxy) is 2. The summed E-state index contributed by atoms with van der Waals surface area (Å²) in [7, 11) is 0. The highest BCUT2D eigenvalue weighted by atomic mass is 16.6. The standard InChI is InChI=1S/C45H82O5/c1-3-5-7-9-11-13-15-17-19-20-21-22-23-24-26-27-29-31-33-35-37-39-44(47)49-42-43(41-46)50-45(48)40-38-36-34-32-30-28-25-18-16-14-12-10-8-6-4-2/h12,14,17-19,25,43,46H,3-11,13,15-16,20-24,26-42H2,1-2H3/b14-12-,19-17-,25-18-/t43-/m0/s1. The van der Waals surface area contributed by atoms with E-state index in [0.29, 0.717) is 12.8 Å². The molecule has 5 heteroatoms. The monoisotopic (exact) mass is 703 g/mol. The lowest BCUT2D eigenvalue weighted by atomic mass is 10.0. The van der Waals surface area contributed by atoms with E-state index in [4.69, 9.17) is 9.47 Å². The summed E-state index contributed by atoms with van der Waals surface area (Å²) in [4.78, 5) is 24.3. The molecule has 0 aliphatic rings. The number of aliphatic hydroxyl groups is 1. The average Bonchev–Trinajstić information content (AvgIpc) is 3.12. The lowest BCUT2D eigenvalue weighted by molar-refractivity contribution is -0.161. The van der Waals surface area contributed by atoms with Crippen LogP contribution in [0.5, 0.6) is 0 Å². The second-order valence-electron chi connectivity index (χ2n) is 14.4. The Bertz CT molecular complexity index is 801. The molecule has 292 valence electrons. The summed E-state index contributed by atoms with van der Waals surface area (Å²) in [5.74, 6) is -0.603. The van der Waals surface area contributed by atoms with E-state index in [9.17, 15) is 14.7 Å². The minimum atomic E-state index is -0.777. The Labute approximate surface area is 310 Å². The SMILES string of the molecule is CCCCC/C=C\C/C=C\CCCCCCCC(=O)O[C@@H](CO)COC(=O)CCCCCCCCCCCCC/C=C\CCCCCCCC. The van der Waals surface area contributed by atoms with Crippen molar-refractivity contribution < 1.29 is 24.2 Å². The maximum absolute atomic E-state index is 12.2. The van der Waals surface area contributed by atoms with Crippen LogP contribution in [0.25, 0.3) is 0 Å². The molecule has 0 radical (unpaired) electrons. The van der Waals surface area contributed by atoms with Crippen LogP contribution in [0.1, 0.15) is 219 Å².